The van der Waals surface area contributed by atoms with Crippen LogP contribution in [0.15, 0.2) is 36.4 Å². The largest absolute Gasteiger partial charge is 0.398 e. The number of hydrogen-bond donors (Lipinski definition) is 2. The zero-order valence-corrected chi connectivity index (χ0v) is 12.7. The van der Waals surface area contributed by atoms with Crippen LogP contribution in [-0.2, 0) is 0 Å². The van der Waals surface area contributed by atoms with Crippen molar-refractivity contribution in [3.8, 4) is 0 Å². The molecule has 4 heteroatoms. The molecule has 1 unspecified atom stereocenters. The maximum Gasteiger partial charge on any atom is 0.261 e. The van der Waals surface area contributed by atoms with E-state index in [1.807, 2.05) is 25.1 Å². The lowest BCUT2D eigenvalue weighted by Crippen LogP contribution is -2.24. The van der Waals surface area contributed by atoms with Crippen LogP contribution in [0, 0.1) is 6.92 Å². The second-order valence-corrected chi connectivity index (χ2v) is 6.23. The Morgan fingerprint density at radius 3 is 2.65 bits per heavy atom. The SMILES string of the molecule is Cc1sc(C(=O)NCCC(C)c2ccccc2)cc1N. The number of nitrogens with one attached hydrogen (secondary N) is 1. The van der Waals surface area contributed by atoms with Crippen LogP contribution in [-0.4, -0.2) is 12.5 Å². The van der Waals surface area contributed by atoms with Crippen molar-refractivity contribution in [1.82, 2.24) is 5.32 Å². The van der Waals surface area contributed by atoms with Crippen LogP contribution >= 0.6 is 11.3 Å². The number of anilines is 1. The summed E-state index contributed by atoms with van der Waals surface area (Å²) in [5, 5.41) is 2.96. The highest BCUT2D eigenvalue weighted by molar-refractivity contribution is 7.14. The number of hydrogen-bond acceptors (Lipinski definition) is 3. The number of carbonyl (C=O) groups excluding carboxylic acids is 1. The molecule has 0 saturated heterocycles. The number of amides is 1. The first-order chi connectivity index (χ1) is 9.58. The summed E-state index contributed by atoms with van der Waals surface area (Å²) in [6.45, 7) is 4.77. The van der Waals surface area contributed by atoms with Gasteiger partial charge in [0, 0.05) is 17.1 Å². The standard InChI is InChI=1S/C16H20N2OS/c1-11(13-6-4-3-5-7-13)8-9-18-16(19)15-10-14(17)12(2)20-15/h3-7,10-11H,8-9,17H2,1-2H3,(H,18,19). The molecule has 20 heavy (non-hydrogen) atoms. The summed E-state index contributed by atoms with van der Waals surface area (Å²) in [4.78, 5) is 13.7. The van der Waals surface area contributed by atoms with E-state index < -0.39 is 0 Å². The highest BCUT2D eigenvalue weighted by Gasteiger charge is 2.11. The second-order valence-electron chi connectivity index (χ2n) is 4.98. The lowest BCUT2D eigenvalue weighted by atomic mass is 9.98. The number of rotatable bonds is 5. The van der Waals surface area contributed by atoms with Gasteiger partial charge >= 0.3 is 0 Å². The van der Waals surface area contributed by atoms with E-state index in [0.29, 0.717) is 23.0 Å². The molecule has 3 nitrogen and oxygen atoms in total. The first-order valence-electron chi connectivity index (χ1n) is 6.77. The first kappa shape index (κ1) is 14.6. The minimum absolute atomic E-state index is 0.0324. The molecule has 0 aliphatic carbocycles. The predicted molar refractivity (Wildman–Crippen MR) is 85.3 cm³/mol. The van der Waals surface area contributed by atoms with Crippen LogP contribution in [0.2, 0.25) is 0 Å². The Morgan fingerprint density at radius 2 is 2.05 bits per heavy atom. The van der Waals surface area contributed by atoms with E-state index >= 15 is 0 Å². The average Bonchev–Trinajstić information content (AvgIpc) is 2.79. The number of thiophene rings is 1. The Morgan fingerprint density at radius 1 is 1.35 bits per heavy atom. The monoisotopic (exact) mass is 288 g/mol. The molecule has 1 amide bonds. The molecule has 1 aromatic heterocycles. The van der Waals surface area contributed by atoms with Gasteiger partial charge in [0.1, 0.15) is 0 Å². The molecule has 0 aliphatic rings. The fourth-order valence-corrected chi connectivity index (χ4v) is 2.90. The van der Waals surface area contributed by atoms with E-state index in [1.165, 1.54) is 16.9 Å². The molecule has 0 radical (unpaired) electrons. The minimum Gasteiger partial charge on any atom is -0.398 e. The maximum atomic E-state index is 12.0. The molecule has 1 aromatic carbocycles. The van der Waals surface area contributed by atoms with Gasteiger partial charge in [-0.2, -0.15) is 0 Å². The molecule has 1 heterocycles. The Labute approximate surface area is 123 Å². The lowest BCUT2D eigenvalue weighted by molar-refractivity contribution is 0.0956. The van der Waals surface area contributed by atoms with Crippen molar-refractivity contribution >= 4 is 22.9 Å². The van der Waals surface area contributed by atoms with Crippen molar-refractivity contribution in [2.45, 2.75) is 26.2 Å². The normalized spacial score (nSPS) is 12.1. The molecule has 0 fully saturated rings. The maximum absolute atomic E-state index is 12.0. The van der Waals surface area contributed by atoms with E-state index in [1.54, 1.807) is 6.07 Å². The van der Waals surface area contributed by atoms with Gasteiger partial charge in [-0.15, -0.1) is 11.3 Å². The fourth-order valence-electron chi connectivity index (χ4n) is 2.05. The molecule has 0 aliphatic heterocycles. The van der Waals surface area contributed by atoms with Gasteiger partial charge in [-0.05, 0) is 30.9 Å². The van der Waals surface area contributed by atoms with Crippen LogP contribution < -0.4 is 11.1 Å². The van der Waals surface area contributed by atoms with Crippen molar-refractivity contribution in [1.29, 1.82) is 0 Å². The quantitative estimate of drug-likeness (QED) is 0.884. The van der Waals surface area contributed by atoms with E-state index in [0.717, 1.165) is 11.3 Å². The summed E-state index contributed by atoms with van der Waals surface area (Å²) in [5.74, 6) is 0.404. The molecule has 2 rings (SSSR count). The third kappa shape index (κ3) is 3.61. The Kier molecular flexibility index (Phi) is 4.79. The summed E-state index contributed by atoms with van der Waals surface area (Å²) < 4.78 is 0. The zero-order valence-electron chi connectivity index (χ0n) is 11.8. The smallest absolute Gasteiger partial charge is 0.261 e. The van der Waals surface area contributed by atoms with Gasteiger partial charge in [-0.25, -0.2) is 0 Å². The molecule has 106 valence electrons. The van der Waals surface area contributed by atoms with Crippen LogP contribution in [0.1, 0.15) is 39.4 Å². The number of nitrogens with two attached hydrogens (primary N) is 1. The van der Waals surface area contributed by atoms with Crippen LogP contribution in [0.4, 0.5) is 5.69 Å². The second kappa shape index (κ2) is 6.57. The van der Waals surface area contributed by atoms with E-state index in [-0.39, 0.29) is 5.91 Å². The molecule has 0 bridgehead atoms. The van der Waals surface area contributed by atoms with Crippen LogP contribution in [0.3, 0.4) is 0 Å². The van der Waals surface area contributed by atoms with Crippen molar-refractivity contribution in [2.75, 3.05) is 12.3 Å². The molecule has 3 N–H and O–H groups in total. The number of carbonyl (C=O) groups is 1. The summed E-state index contributed by atoms with van der Waals surface area (Å²) in [6, 6.07) is 12.1. The van der Waals surface area contributed by atoms with Crippen molar-refractivity contribution in [3.05, 3.63) is 51.7 Å². The van der Waals surface area contributed by atoms with Crippen LogP contribution in [0.5, 0.6) is 0 Å². The van der Waals surface area contributed by atoms with Gasteiger partial charge < -0.3 is 11.1 Å². The molecule has 0 saturated carbocycles. The summed E-state index contributed by atoms with van der Waals surface area (Å²) in [7, 11) is 0. The van der Waals surface area contributed by atoms with Crippen molar-refractivity contribution in [3.63, 3.8) is 0 Å². The molecule has 0 spiro atoms. The fraction of sp³-hybridized carbons (Fsp3) is 0.312. The average molecular weight is 288 g/mol. The summed E-state index contributed by atoms with van der Waals surface area (Å²) in [5.41, 5.74) is 7.76. The van der Waals surface area contributed by atoms with Gasteiger partial charge in [-0.1, -0.05) is 37.3 Å². The Hall–Kier alpha value is -1.81. The number of aryl methyl sites for hydroxylation is 1. The minimum atomic E-state index is -0.0324. The number of benzene rings is 1. The third-order valence-corrected chi connectivity index (χ3v) is 4.48. The third-order valence-electron chi connectivity index (χ3n) is 3.41. The van der Waals surface area contributed by atoms with Crippen LogP contribution in [0.25, 0.3) is 0 Å². The Bertz CT molecular complexity index is 558. The summed E-state index contributed by atoms with van der Waals surface area (Å²) in [6.07, 6.45) is 0.926. The van der Waals surface area contributed by atoms with E-state index in [9.17, 15) is 4.79 Å². The Balaban J connectivity index is 1.82. The molecular weight excluding hydrogens is 268 g/mol. The van der Waals surface area contributed by atoms with Gasteiger partial charge in [-0.3, -0.25) is 4.79 Å². The lowest BCUT2D eigenvalue weighted by Gasteiger charge is -2.12. The van der Waals surface area contributed by atoms with Gasteiger partial charge in [0.2, 0.25) is 0 Å². The zero-order chi connectivity index (χ0) is 14.5. The van der Waals surface area contributed by atoms with E-state index in [2.05, 4.69) is 24.4 Å². The highest BCUT2D eigenvalue weighted by atomic mass is 32.1. The first-order valence-corrected chi connectivity index (χ1v) is 7.58. The molecule has 2 aromatic rings. The van der Waals surface area contributed by atoms with Crippen molar-refractivity contribution < 1.29 is 4.79 Å². The summed E-state index contributed by atoms with van der Waals surface area (Å²) >= 11 is 1.44. The molecular formula is C16H20N2OS. The topological polar surface area (TPSA) is 55.1 Å². The van der Waals surface area contributed by atoms with Gasteiger partial charge in [0.05, 0.1) is 4.88 Å². The van der Waals surface area contributed by atoms with E-state index in [4.69, 9.17) is 5.73 Å². The van der Waals surface area contributed by atoms with Gasteiger partial charge in [0.25, 0.3) is 5.91 Å². The molecule has 1 atom stereocenters. The van der Waals surface area contributed by atoms with Gasteiger partial charge in [0.15, 0.2) is 0 Å². The highest BCUT2D eigenvalue weighted by Crippen LogP contribution is 2.23. The van der Waals surface area contributed by atoms with Crippen molar-refractivity contribution in [2.24, 2.45) is 0 Å². The predicted octanol–water partition coefficient (Wildman–Crippen LogP) is 3.56. The number of nitrogen functional groups attached to an aromatic ring is 1.